The lowest BCUT2D eigenvalue weighted by Gasteiger charge is -2.28. The van der Waals surface area contributed by atoms with E-state index in [1.165, 1.54) is 65.0 Å². The lowest BCUT2D eigenvalue weighted by Crippen LogP contribution is -2.41. The molecule has 1 heterocycles. The van der Waals surface area contributed by atoms with E-state index in [2.05, 4.69) is 15.5 Å². The van der Waals surface area contributed by atoms with Crippen LogP contribution in [0.1, 0.15) is 25.7 Å². The van der Waals surface area contributed by atoms with Gasteiger partial charge in [-0.1, -0.05) is 6.42 Å². The van der Waals surface area contributed by atoms with Gasteiger partial charge in [0, 0.05) is 32.2 Å². The zero-order valence-corrected chi connectivity index (χ0v) is 9.10. The normalized spacial score (nSPS) is 25.7. The van der Waals surface area contributed by atoms with Gasteiger partial charge in [0.1, 0.15) is 0 Å². The monoisotopic (exact) mass is 197 g/mol. The van der Waals surface area contributed by atoms with E-state index in [1.54, 1.807) is 0 Å². The van der Waals surface area contributed by atoms with Gasteiger partial charge in [-0.25, -0.2) is 0 Å². The Kier molecular flexibility index (Phi) is 4.22. The standard InChI is InChI=1S/C11H23N3/c1-3-11(4-1)13-7-10-14-8-2-5-12-6-9-14/h11-13H,1-10H2. The molecule has 14 heavy (non-hydrogen) atoms. The molecule has 0 atom stereocenters. The van der Waals surface area contributed by atoms with Gasteiger partial charge in [-0.05, 0) is 32.4 Å². The summed E-state index contributed by atoms with van der Waals surface area (Å²) in [5, 5.41) is 7.06. The molecule has 2 fully saturated rings. The molecule has 0 aromatic rings. The summed E-state index contributed by atoms with van der Waals surface area (Å²) in [5.41, 5.74) is 0. The van der Waals surface area contributed by atoms with Crippen LogP contribution in [0.3, 0.4) is 0 Å². The van der Waals surface area contributed by atoms with E-state index in [0.29, 0.717) is 0 Å². The summed E-state index contributed by atoms with van der Waals surface area (Å²) in [6.45, 7) is 7.30. The molecule has 0 amide bonds. The van der Waals surface area contributed by atoms with E-state index in [9.17, 15) is 0 Å². The summed E-state index contributed by atoms with van der Waals surface area (Å²) in [5.74, 6) is 0. The number of nitrogens with zero attached hydrogens (tertiary/aromatic N) is 1. The lowest BCUT2D eigenvalue weighted by atomic mass is 9.93. The maximum Gasteiger partial charge on any atom is 0.0107 e. The average molecular weight is 197 g/mol. The first-order chi connectivity index (χ1) is 6.95. The molecule has 3 nitrogen and oxygen atoms in total. The zero-order valence-electron chi connectivity index (χ0n) is 9.10. The average Bonchev–Trinajstić information content (AvgIpc) is 2.37. The van der Waals surface area contributed by atoms with Gasteiger partial charge in [-0.2, -0.15) is 0 Å². The summed E-state index contributed by atoms with van der Waals surface area (Å²) in [7, 11) is 0. The van der Waals surface area contributed by atoms with Crippen molar-refractivity contribution in [2.75, 3.05) is 39.3 Å². The number of hydrogen-bond donors (Lipinski definition) is 2. The van der Waals surface area contributed by atoms with Crippen LogP contribution in [0.2, 0.25) is 0 Å². The Hall–Kier alpha value is -0.120. The number of rotatable bonds is 4. The van der Waals surface area contributed by atoms with Gasteiger partial charge in [-0.3, -0.25) is 0 Å². The largest absolute Gasteiger partial charge is 0.315 e. The van der Waals surface area contributed by atoms with Crippen molar-refractivity contribution in [2.45, 2.75) is 31.7 Å². The van der Waals surface area contributed by atoms with Crippen molar-refractivity contribution in [3.05, 3.63) is 0 Å². The van der Waals surface area contributed by atoms with Crippen molar-refractivity contribution in [2.24, 2.45) is 0 Å². The third-order valence-electron chi connectivity index (χ3n) is 3.40. The van der Waals surface area contributed by atoms with Gasteiger partial charge in [0.25, 0.3) is 0 Å². The summed E-state index contributed by atoms with van der Waals surface area (Å²) >= 11 is 0. The molecule has 0 radical (unpaired) electrons. The smallest absolute Gasteiger partial charge is 0.0107 e. The van der Waals surface area contributed by atoms with Crippen LogP contribution in [0.25, 0.3) is 0 Å². The molecule has 2 rings (SSSR count). The third kappa shape index (κ3) is 3.23. The second kappa shape index (κ2) is 5.69. The van der Waals surface area contributed by atoms with E-state index in [1.807, 2.05) is 0 Å². The summed E-state index contributed by atoms with van der Waals surface area (Å²) < 4.78 is 0. The SMILES string of the molecule is C1CC(NCCN2CCCNCC2)C1. The van der Waals surface area contributed by atoms with Crippen molar-refractivity contribution < 1.29 is 0 Å². The Morgan fingerprint density at radius 2 is 2.07 bits per heavy atom. The predicted molar refractivity (Wildman–Crippen MR) is 59.6 cm³/mol. The quantitative estimate of drug-likeness (QED) is 0.684. The Balaban J connectivity index is 1.54. The second-order valence-electron chi connectivity index (χ2n) is 4.53. The maximum absolute atomic E-state index is 3.62. The van der Waals surface area contributed by atoms with Crippen molar-refractivity contribution in [3.8, 4) is 0 Å². The predicted octanol–water partition coefficient (Wildman–Crippen LogP) is 0.424. The van der Waals surface area contributed by atoms with Crippen LogP contribution in [0.4, 0.5) is 0 Å². The minimum atomic E-state index is 0.847. The Bertz CT molecular complexity index is 149. The molecule has 1 saturated carbocycles. The topological polar surface area (TPSA) is 27.3 Å². The van der Waals surface area contributed by atoms with Gasteiger partial charge in [0.2, 0.25) is 0 Å². The van der Waals surface area contributed by atoms with Crippen molar-refractivity contribution >= 4 is 0 Å². The number of hydrogen-bond acceptors (Lipinski definition) is 3. The lowest BCUT2D eigenvalue weighted by molar-refractivity contribution is 0.267. The van der Waals surface area contributed by atoms with E-state index >= 15 is 0 Å². The molecule has 1 saturated heterocycles. The second-order valence-corrected chi connectivity index (χ2v) is 4.53. The summed E-state index contributed by atoms with van der Waals surface area (Å²) in [4.78, 5) is 2.58. The number of nitrogens with one attached hydrogen (secondary N) is 2. The fraction of sp³-hybridized carbons (Fsp3) is 1.00. The first-order valence-electron chi connectivity index (χ1n) is 6.11. The molecular weight excluding hydrogens is 174 g/mol. The third-order valence-corrected chi connectivity index (χ3v) is 3.40. The molecule has 0 aromatic carbocycles. The molecule has 0 unspecified atom stereocenters. The first kappa shape index (κ1) is 10.4. The highest BCUT2D eigenvalue weighted by Gasteiger charge is 2.16. The first-order valence-corrected chi connectivity index (χ1v) is 6.11. The molecule has 0 aromatic heterocycles. The van der Waals surface area contributed by atoms with Crippen LogP contribution in [0.5, 0.6) is 0 Å². The van der Waals surface area contributed by atoms with Gasteiger partial charge in [0.15, 0.2) is 0 Å². The summed E-state index contributed by atoms with van der Waals surface area (Å²) in [6, 6.07) is 0.847. The highest BCUT2D eigenvalue weighted by molar-refractivity contribution is 4.77. The molecule has 3 heteroatoms. The van der Waals surface area contributed by atoms with E-state index in [0.717, 1.165) is 6.04 Å². The molecule has 1 aliphatic heterocycles. The van der Waals surface area contributed by atoms with Crippen LogP contribution >= 0.6 is 0 Å². The fourth-order valence-electron chi connectivity index (χ4n) is 2.16. The van der Waals surface area contributed by atoms with E-state index < -0.39 is 0 Å². The van der Waals surface area contributed by atoms with Crippen molar-refractivity contribution in [1.29, 1.82) is 0 Å². The maximum atomic E-state index is 3.62. The summed E-state index contributed by atoms with van der Waals surface area (Å²) in [6.07, 6.45) is 5.55. The van der Waals surface area contributed by atoms with Crippen LogP contribution in [-0.2, 0) is 0 Å². The Morgan fingerprint density at radius 1 is 1.14 bits per heavy atom. The fourth-order valence-corrected chi connectivity index (χ4v) is 2.16. The van der Waals surface area contributed by atoms with Crippen LogP contribution in [-0.4, -0.2) is 50.2 Å². The zero-order chi connectivity index (χ0) is 9.64. The van der Waals surface area contributed by atoms with Crippen LogP contribution < -0.4 is 10.6 Å². The highest BCUT2D eigenvalue weighted by Crippen LogP contribution is 2.17. The van der Waals surface area contributed by atoms with E-state index in [-0.39, 0.29) is 0 Å². The molecule has 82 valence electrons. The van der Waals surface area contributed by atoms with Gasteiger partial charge < -0.3 is 15.5 Å². The van der Waals surface area contributed by atoms with Crippen molar-refractivity contribution in [1.82, 2.24) is 15.5 Å². The Labute approximate surface area is 87.2 Å². The van der Waals surface area contributed by atoms with Crippen LogP contribution in [0, 0.1) is 0 Å². The minimum absolute atomic E-state index is 0.847. The molecular formula is C11H23N3. The van der Waals surface area contributed by atoms with Gasteiger partial charge in [0.05, 0.1) is 0 Å². The van der Waals surface area contributed by atoms with Crippen LogP contribution in [0.15, 0.2) is 0 Å². The highest BCUT2D eigenvalue weighted by atomic mass is 15.2. The molecule has 0 bridgehead atoms. The molecule has 0 spiro atoms. The molecule has 2 N–H and O–H groups in total. The Morgan fingerprint density at radius 3 is 2.86 bits per heavy atom. The van der Waals surface area contributed by atoms with Gasteiger partial charge >= 0.3 is 0 Å². The minimum Gasteiger partial charge on any atom is -0.315 e. The van der Waals surface area contributed by atoms with Gasteiger partial charge in [-0.15, -0.1) is 0 Å². The van der Waals surface area contributed by atoms with E-state index in [4.69, 9.17) is 0 Å². The molecule has 2 aliphatic rings. The van der Waals surface area contributed by atoms with Crippen molar-refractivity contribution in [3.63, 3.8) is 0 Å². The molecule has 1 aliphatic carbocycles.